The Morgan fingerprint density at radius 1 is 1.11 bits per heavy atom. The average Bonchev–Trinajstić information content (AvgIpc) is 3.52. The summed E-state index contributed by atoms with van der Waals surface area (Å²) in [5, 5.41) is 9.94. The quantitative estimate of drug-likeness (QED) is 0.209. The van der Waals surface area contributed by atoms with Crippen molar-refractivity contribution in [2.45, 2.75) is 76.0 Å². The van der Waals surface area contributed by atoms with Gasteiger partial charge < -0.3 is 20.1 Å². The summed E-state index contributed by atoms with van der Waals surface area (Å²) in [4.78, 5) is 43.2. The molecule has 3 aromatic rings. The fourth-order valence-corrected chi connectivity index (χ4v) is 5.90. The second-order valence-corrected chi connectivity index (χ2v) is 13.1. The van der Waals surface area contributed by atoms with Gasteiger partial charge in [-0.3, -0.25) is 14.5 Å². The summed E-state index contributed by atoms with van der Waals surface area (Å²) in [6.07, 6.45) is 2.02. The molecule has 47 heavy (non-hydrogen) atoms. The Balaban J connectivity index is 1.32. The van der Waals surface area contributed by atoms with Crippen molar-refractivity contribution in [3.8, 4) is 0 Å². The Morgan fingerprint density at radius 3 is 2.34 bits per heavy atom. The first kappa shape index (κ1) is 34.2. The summed E-state index contributed by atoms with van der Waals surface area (Å²) in [7, 11) is 1.41. The molecule has 0 unspecified atom stereocenters. The number of alkyl halides is 4. The van der Waals surface area contributed by atoms with Crippen LogP contribution in [0, 0.1) is 5.92 Å². The van der Waals surface area contributed by atoms with E-state index in [-0.39, 0.29) is 49.3 Å². The van der Waals surface area contributed by atoms with E-state index in [0.29, 0.717) is 21.8 Å². The molecule has 1 aromatic carbocycles. The first-order chi connectivity index (χ1) is 22.1. The first-order valence-corrected chi connectivity index (χ1v) is 15.3. The molecule has 1 saturated carbocycles. The smallest absolute Gasteiger partial charge is 0.408 e. The number of hydrogen-bond acceptors (Lipinski definition) is 8. The fraction of sp³-hybridized carbons (Fsp3) is 0.531. The van der Waals surface area contributed by atoms with E-state index in [9.17, 15) is 23.2 Å². The number of halogens is 4. The number of benzene rings is 1. The third-order valence-corrected chi connectivity index (χ3v) is 8.19. The van der Waals surface area contributed by atoms with E-state index in [2.05, 4.69) is 20.7 Å². The van der Waals surface area contributed by atoms with E-state index in [0.717, 1.165) is 0 Å². The summed E-state index contributed by atoms with van der Waals surface area (Å²) >= 11 is 0. The summed E-state index contributed by atoms with van der Waals surface area (Å²) in [5.41, 5.74) is 0.564. The predicted molar refractivity (Wildman–Crippen MR) is 161 cm³/mol. The topological polar surface area (TPSA) is 127 Å². The fourth-order valence-electron chi connectivity index (χ4n) is 5.90. The highest BCUT2D eigenvalue weighted by Gasteiger charge is 2.43. The van der Waals surface area contributed by atoms with Crippen molar-refractivity contribution in [3.05, 3.63) is 65.1 Å². The highest BCUT2D eigenvalue weighted by molar-refractivity contribution is 6.21. The molecule has 2 N–H and O–H groups in total. The standard InChI is InChI=1S/C32H38F4N6O5/c1-30(2,3)47-29(45)40-26(19-9-11-31(33,34)12-10-19)23-15-42-25(39-23)13-20(14-38-42)24(16-46-4)37-17-32(35,36)18-41-27(43)21-7-5-6-8-22(21)28(41)44/h5-8,13-15,19,24,26,37H,9-12,16-18H2,1-4H3,(H,40,45)/t24-,26+/m1/s1. The monoisotopic (exact) mass is 662 g/mol. The molecule has 1 aliphatic heterocycles. The van der Waals surface area contributed by atoms with Gasteiger partial charge in [0.15, 0.2) is 5.65 Å². The minimum absolute atomic E-state index is 0.0202. The van der Waals surface area contributed by atoms with Gasteiger partial charge in [0.05, 0.1) is 61.0 Å². The van der Waals surface area contributed by atoms with E-state index < -0.39 is 60.5 Å². The lowest BCUT2D eigenvalue weighted by Gasteiger charge is -2.33. The molecule has 2 aliphatic rings. The van der Waals surface area contributed by atoms with Crippen LogP contribution in [0.25, 0.3) is 5.65 Å². The number of ether oxygens (including phenoxy) is 2. The van der Waals surface area contributed by atoms with E-state index in [1.165, 1.54) is 30.0 Å². The van der Waals surface area contributed by atoms with Crippen LogP contribution in [-0.4, -0.2) is 81.7 Å². The van der Waals surface area contributed by atoms with Crippen LogP contribution in [0.1, 0.15) is 90.5 Å². The number of imidazole rings is 1. The molecular weight excluding hydrogens is 624 g/mol. The highest BCUT2D eigenvalue weighted by Crippen LogP contribution is 2.41. The number of hydrogen-bond donors (Lipinski definition) is 2. The number of rotatable bonds is 11. The molecule has 0 radical (unpaired) electrons. The Morgan fingerprint density at radius 2 is 1.74 bits per heavy atom. The summed E-state index contributed by atoms with van der Waals surface area (Å²) in [5.74, 6) is -8.13. The number of carbonyl (C=O) groups is 3. The normalized spacial score (nSPS) is 18.3. The molecule has 15 heteroatoms. The zero-order valence-electron chi connectivity index (χ0n) is 26.6. The molecule has 2 atom stereocenters. The highest BCUT2D eigenvalue weighted by atomic mass is 19.3. The minimum atomic E-state index is -3.48. The minimum Gasteiger partial charge on any atom is -0.444 e. The Hall–Kier alpha value is -4.11. The van der Waals surface area contributed by atoms with Crippen LogP contribution in [0.5, 0.6) is 0 Å². The third kappa shape index (κ3) is 8.07. The van der Waals surface area contributed by atoms with Gasteiger partial charge >= 0.3 is 6.09 Å². The van der Waals surface area contributed by atoms with Crippen LogP contribution in [0.4, 0.5) is 22.4 Å². The van der Waals surface area contributed by atoms with Crippen LogP contribution in [0.2, 0.25) is 0 Å². The van der Waals surface area contributed by atoms with Crippen molar-refractivity contribution in [3.63, 3.8) is 0 Å². The maximum atomic E-state index is 15.2. The lowest BCUT2D eigenvalue weighted by molar-refractivity contribution is -0.0500. The molecule has 3 amide bonds. The number of nitrogens with zero attached hydrogens (tertiary/aromatic N) is 4. The molecule has 5 rings (SSSR count). The number of methoxy groups -OCH3 is 1. The van der Waals surface area contributed by atoms with Crippen LogP contribution in [0.3, 0.4) is 0 Å². The van der Waals surface area contributed by atoms with Gasteiger partial charge in [-0.1, -0.05) is 12.1 Å². The molecule has 0 spiro atoms. The number of fused-ring (bicyclic) bond motifs is 2. The number of carbonyl (C=O) groups excluding carboxylic acids is 3. The van der Waals surface area contributed by atoms with Gasteiger partial charge in [0.2, 0.25) is 5.92 Å². The van der Waals surface area contributed by atoms with Crippen molar-refractivity contribution in [2.75, 3.05) is 26.8 Å². The lowest BCUT2D eigenvalue weighted by Crippen LogP contribution is -2.46. The van der Waals surface area contributed by atoms with Crippen LogP contribution in [0.15, 0.2) is 42.7 Å². The van der Waals surface area contributed by atoms with Crippen LogP contribution < -0.4 is 10.6 Å². The molecule has 11 nitrogen and oxygen atoms in total. The summed E-state index contributed by atoms with van der Waals surface area (Å²) in [6.45, 7) is 3.13. The number of imide groups is 1. The van der Waals surface area contributed by atoms with Crippen molar-refractivity contribution in [1.29, 1.82) is 0 Å². The second kappa shape index (κ2) is 13.2. The zero-order valence-corrected chi connectivity index (χ0v) is 26.6. The third-order valence-electron chi connectivity index (χ3n) is 8.19. The Bertz CT molecular complexity index is 1600. The van der Waals surface area contributed by atoms with Gasteiger partial charge in [0, 0.05) is 20.0 Å². The lowest BCUT2D eigenvalue weighted by atomic mass is 9.81. The number of amides is 3. The van der Waals surface area contributed by atoms with E-state index in [4.69, 9.17) is 9.47 Å². The van der Waals surface area contributed by atoms with Crippen LogP contribution >= 0.6 is 0 Å². The van der Waals surface area contributed by atoms with E-state index in [1.807, 2.05) is 0 Å². The van der Waals surface area contributed by atoms with E-state index >= 15 is 8.78 Å². The predicted octanol–water partition coefficient (Wildman–Crippen LogP) is 5.33. The summed E-state index contributed by atoms with van der Waals surface area (Å²) < 4.78 is 70.4. The SMILES string of the molecule is COC[C@@H](NCC(F)(F)CN1C(=O)c2ccccc2C1=O)c1cnn2cc([C@@H](NC(=O)OC(C)(C)C)C3CCC(F)(F)CC3)nc2c1. The molecule has 1 fully saturated rings. The number of aromatic nitrogens is 3. The van der Waals surface area contributed by atoms with Gasteiger partial charge in [0.25, 0.3) is 17.7 Å². The maximum Gasteiger partial charge on any atom is 0.408 e. The molecule has 3 heterocycles. The molecule has 0 saturated heterocycles. The molecule has 254 valence electrons. The van der Waals surface area contributed by atoms with Gasteiger partial charge in [-0.05, 0) is 63.3 Å². The number of nitrogens with one attached hydrogen (secondary N) is 2. The van der Waals surface area contributed by atoms with Gasteiger partial charge in [-0.15, -0.1) is 0 Å². The number of alkyl carbamates (subject to hydrolysis) is 1. The van der Waals surface area contributed by atoms with Crippen molar-refractivity contribution in [1.82, 2.24) is 30.1 Å². The van der Waals surface area contributed by atoms with Gasteiger partial charge in [0.1, 0.15) is 5.60 Å². The largest absolute Gasteiger partial charge is 0.444 e. The molecule has 0 bridgehead atoms. The molecular formula is C32H38F4N6O5. The zero-order chi connectivity index (χ0) is 34.1. The van der Waals surface area contributed by atoms with Crippen molar-refractivity contribution >= 4 is 23.6 Å². The van der Waals surface area contributed by atoms with Crippen molar-refractivity contribution in [2.24, 2.45) is 5.92 Å². The van der Waals surface area contributed by atoms with Gasteiger partial charge in [-0.2, -0.15) is 5.10 Å². The molecule has 1 aliphatic carbocycles. The van der Waals surface area contributed by atoms with E-state index in [1.54, 1.807) is 45.2 Å². The Kier molecular flexibility index (Phi) is 9.60. The summed E-state index contributed by atoms with van der Waals surface area (Å²) in [6, 6.07) is 6.08. The second-order valence-electron chi connectivity index (χ2n) is 13.1. The van der Waals surface area contributed by atoms with Gasteiger partial charge in [-0.25, -0.2) is 31.9 Å². The maximum absolute atomic E-state index is 15.2. The van der Waals surface area contributed by atoms with Crippen molar-refractivity contribution < 1.29 is 41.4 Å². The average molecular weight is 663 g/mol. The molecule has 2 aromatic heterocycles. The van der Waals surface area contributed by atoms with Crippen LogP contribution in [-0.2, 0) is 9.47 Å². The first-order valence-electron chi connectivity index (χ1n) is 15.3. The Labute approximate surface area is 269 Å².